The molecule has 9 heteroatoms. The molecule has 24 heavy (non-hydrogen) atoms. The summed E-state index contributed by atoms with van der Waals surface area (Å²) < 4.78 is 5.03. The molecule has 0 radical (unpaired) electrons. The van der Waals surface area contributed by atoms with Crippen molar-refractivity contribution in [2.75, 3.05) is 61.6 Å². The lowest BCUT2D eigenvalue weighted by Gasteiger charge is -2.34. The van der Waals surface area contributed by atoms with Crippen LogP contribution in [0.3, 0.4) is 0 Å². The van der Waals surface area contributed by atoms with E-state index in [1.165, 1.54) is 0 Å². The van der Waals surface area contributed by atoms with Gasteiger partial charge in [-0.25, -0.2) is 9.97 Å². The van der Waals surface area contributed by atoms with Crippen molar-refractivity contribution < 1.29 is 4.74 Å². The predicted octanol–water partition coefficient (Wildman–Crippen LogP) is 0.437. The predicted molar refractivity (Wildman–Crippen MR) is 91.3 cm³/mol. The molecule has 0 bridgehead atoms. The average molecular weight is 330 g/mol. The number of rotatable bonds is 7. The second kappa shape index (κ2) is 8.34. The first-order chi connectivity index (χ1) is 11.9. The fourth-order valence-corrected chi connectivity index (χ4v) is 2.51. The molecule has 9 nitrogen and oxygen atoms in total. The van der Waals surface area contributed by atoms with Gasteiger partial charge in [-0.1, -0.05) is 0 Å². The van der Waals surface area contributed by atoms with Gasteiger partial charge in [-0.3, -0.25) is 0 Å². The summed E-state index contributed by atoms with van der Waals surface area (Å²) in [6, 6.07) is 1.82. The Kier molecular flexibility index (Phi) is 5.67. The number of piperazine rings is 1. The topological polar surface area (TPSA) is 92.2 Å². The second-order valence-electron chi connectivity index (χ2n) is 5.44. The third-order valence-electron chi connectivity index (χ3n) is 3.78. The minimum atomic E-state index is 0.653. The Balaban J connectivity index is 1.54. The number of hydrogen-bond acceptors (Lipinski definition) is 9. The zero-order valence-electron chi connectivity index (χ0n) is 13.8. The number of methoxy groups -OCH3 is 1. The van der Waals surface area contributed by atoms with Gasteiger partial charge in [0.15, 0.2) is 5.82 Å². The van der Waals surface area contributed by atoms with Crippen LogP contribution < -0.4 is 15.1 Å². The van der Waals surface area contributed by atoms with E-state index >= 15 is 0 Å². The third-order valence-corrected chi connectivity index (χ3v) is 3.78. The van der Waals surface area contributed by atoms with E-state index < -0.39 is 0 Å². The smallest absolute Gasteiger partial charge is 0.247 e. The van der Waals surface area contributed by atoms with Crippen molar-refractivity contribution in [2.24, 2.45) is 0 Å². The van der Waals surface area contributed by atoms with Crippen LogP contribution in [-0.2, 0) is 4.74 Å². The minimum absolute atomic E-state index is 0.653. The maximum absolute atomic E-state index is 5.03. The van der Waals surface area contributed by atoms with Gasteiger partial charge in [0.05, 0.1) is 6.20 Å². The molecule has 0 spiro atoms. The molecule has 128 valence electrons. The largest absolute Gasteiger partial charge is 0.385 e. The summed E-state index contributed by atoms with van der Waals surface area (Å²) in [4.78, 5) is 17.4. The maximum atomic E-state index is 5.03. The Bertz CT molecular complexity index is 618. The average Bonchev–Trinajstić information content (AvgIpc) is 2.66. The van der Waals surface area contributed by atoms with E-state index in [9.17, 15) is 0 Å². The SMILES string of the molecule is COCCCNc1cnnc(N2CCN(c3ncccn3)CC2)n1. The fourth-order valence-electron chi connectivity index (χ4n) is 2.51. The second-order valence-corrected chi connectivity index (χ2v) is 5.44. The van der Waals surface area contributed by atoms with Gasteiger partial charge in [-0.15, -0.1) is 5.10 Å². The third kappa shape index (κ3) is 4.25. The van der Waals surface area contributed by atoms with Gasteiger partial charge in [0.1, 0.15) is 0 Å². The molecule has 1 saturated heterocycles. The summed E-state index contributed by atoms with van der Waals surface area (Å²) in [6.45, 7) is 4.81. The monoisotopic (exact) mass is 330 g/mol. The van der Waals surface area contributed by atoms with Crippen LogP contribution in [0.25, 0.3) is 0 Å². The maximum Gasteiger partial charge on any atom is 0.247 e. The number of nitrogens with one attached hydrogen (secondary N) is 1. The molecular weight excluding hydrogens is 308 g/mol. The quantitative estimate of drug-likeness (QED) is 0.726. The van der Waals surface area contributed by atoms with Gasteiger partial charge in [0.2, 0.25) is 11.9 Å². The molecule has 0 atom stereocenters. The lowest BCUT2D eigenvalue weighted by atomic mass is 10.3. The molecule has 1 aliphatic heterocycles. The molecule has 2 aromatic rings. The molecular formula is C15H22N8O. The lowest BCUT2D eigenvalue weighted by Crippen LogP contribution is -2.47. The molecule has 0 unspecified atom stereocenters. The Morgan fingerprint density at radius 2 is 1.79 bits per heavy atom. The zero-order chi connectivity index (χ0) is 16.6. The molecule has 1 fully saturated rings. The highest BCUT2D eigenvalue weighted by Crippen LogP contribution is 2.15. The van der Waals surface area contributed by atoms with Crippen molar-refractivity contribution in [3.05, 3.63) is 24.7 Å². The van der Waals surface area contributed by atoms with E-state index in [2.05, 4.69) is 40.3 Å². The van der Waals surface area contributed by atoms with E-state index in [0.29, 0.717) is 5.95 Å². The Morgan fingerprint density at radius 1 is 1.08 bits per heavy atom. The molecule has 0 saturated carbocycles. The number of hydrogen-bond donors (Lipinski definition) is 1. The summed E-state index contributed by atoms with van der Waals surface area (Å²) in [5.41, 5.74) is 0. The van der Waals surface area contributed by atoms with Crippen molar-refractivity contribution in [3.63, 3.8) is 0 Å². The molecule has 2 aromatic heterocycles. The Hall–Kier alpha value is -2.55. The van der Waals surface area contributed by atoms with E-state index in [0.717, 1.165) is 57.5 Å². The van der Waals surface area contributed by atoms with Crippen molar-refractivity contribution in [1.82, 2.24) is 25.1 Å². The van der Waals surface area contributed by atoms with E-state index in [1.807, 2.05) is 6.07 Å². The van der Waals surface area contributed by atoms with E-state index in [1.54, 1.807) is 25.7 Å². The minimum Gasteiger partial charge on any atom is -0.385 e. The highest BCUT2D eigenvalue weighted by atomic mass is 16.5. The first-order valence-corrected chi connectivity index (χ1v) is 8.06. The van der Waals surface area contributed by atoms with Crippen LogP contribution >= 0.6 is 0 Å². The molecule has 1 aliphatic rings. The van der Waals surface area contributed by atoms with Crippen LogP contribution in [0.4, 0.5) is 17.7 Å². The van der Waals surface area contributed by atoms with E-state index in [4.69, 9.17) is 4.74 Å². The summed E-state index contributed by atoms with van der Waals surface area (Å²) in [7, 11) is 1.70. The van der Waals surface area contributed by atoms with Gasteiger partial charge < -0.3 is 19.9 Å². The van der Waals surface area contributed by atoms with Crippen molar-refractivity contribution in [1.29, 1.82) is 0 Å². The highest BCUT2D eigenvalue weighted by Gasteiger charge is 2.21. The lowest BCUT2D eigenvalue weighted by molar-refractivity contribution is 0.197. The summed E-state index contributed by atoms with van der Waals surface area (Å²) in [6.07, 6.45) is 6.09. The number of aromatic nitrogens is 5. The summed E-state index contributed by atoms with van der Waals surface area (Å²) >= 11 is 0. The number of anilines is 3. The summed E-state index contributed by atoms with van der Waals surface area (Å²) in [5.74, 6) is 2.16. The molecule has 0 amide bonds. The van der Waals surface area contributed by atoms with Gasteiger partial charge in [0, 0.05) is 58.8 Å². The summed E-state index contributed by atoms with van der Waals surface area (Å²) in [5, 5.41) is 11.4. The zero-order valence-corrected chi connectivity index (χ0v) is 13.8. The first kappa shape index (κ1) is 16.3. The van der Waals surface area contributed by atoms with Crippen LogP contribution in [0.1, 0.15) is 6.42 Å². The molecule has 0 aromatic carbocycles. The van der Waals surface area contributed by atoms with Crippen molar-refractivity contribution in [3.8, 4) is 0 Å². The van der Waals surface area contributed by atoms with Gasteiger partial charge >= 0.3 is 0 Å². The van der Waals surface area contributed by atoms with Crippen LogP contribution in [0.2, 0.25) is 0 Å². The van der Waals surface area contributed by atoms with Crippen LogP contribution in [0.5, 0.6) is 0 Å². The fraction of sp³-hybridized carbons (Fsp3) is 0.533. The standard InChI is InChI=1S/C15H22N8O/c1-24-11-3-6-16-13-12-19-21-15(20-13)23-9-7-22(8-10-23)14-17-4-2-5-18-14/h2,4-5,12H,3,6-11H2,1H3,(H,16,20,21). The normalized spacial score (nSPS) is 14.7. The molecule has 3 rings (SSSR count). The van der Waals surface area contributed by atoms with Crippen LogP contribution in [0.15, 0.2) is 24.7 Å². The van der Waals surface area contributed by atoms with Crippen LogP contribution in [-0.4, -0.2) is 71.6 Å². The van der Waals surface area contributed by atoms with Gasteiger partial charge in [-0.05, 0) is 12.5 Å². The van der Waals surface area contributed by atoms with Gasteiger partial charge in [0.25, 0.3) is 0 Å². The Labute approximate surface area is 141 Å². The molecule has 1 N–H and O–H groups in total. The highest BCUT2D eigenvalue weighted by molar-refractivity contribution is 5.41. The number of ether oxygens (including phenoxy) is 1. The van der Waals surface area contributed by atoms with Crippen LogP contribution in [0, 0.1) is 0 Å². The Morgan fingerprint density at radius 3 is 2.50 bits per heavy atom. The first-order valence-electron chi connectivity index (χ1n) is 8.06. The van der Waals surface area contributed by atoms with Crippen molar-refractivity contribution >= 4 is 17.7 Å². The number of nitrogens with zero attached hydrogens (tertiary/aromatic N) is 7. The van der Waals surface area contributed by atoms with E-state index in [-0.39, 0.29) is 0 Å². The molecule has 0 aliphatic carbocycles. The van der Waals surface area contributed by atoms with Crippen molar-refractivity contribution in [2.45, 2.75) is 6.42 Å². The molecule has 3 heterocycles. The van der Waals surface area contributed by atoms with Gasteiger partial charge in [-0.2, -0.15) is 10.1 Å².